The zero-order chi connectivity index (χ0) is 10.2. The molecule has 0 bridgehead atoms. The second-order valence-electron chi connectivity index (χ2n) is 3.97. The van der Waals surface area contributed by atoms with Gasteiger partial charge in [0.2, 0.25) is 0 Å². The van der Waals surface area contributed by atoms with Crippen molar-refractivity contribution in [2.24, 2.45) is 7.05 Å². The lowest BCUT2D eigenvalue weighted by molar-refractivity contribution is 0.0353. The molecule has 0 atom stereocenters. The quantitative estimate of drug-likeness (QED) is 0.712. The number of Topliss-reactive ketones (excluding diaryl/α,β-unsaturated/α-hetero) is 1. The summed E-state index contributed by atoms with van der Waals surface area (Å²) in [7, 11) is 1.76. The van der Waals surface area contributed by atoms with E-state index in [0.717, 1.165) is 12.8 Å². The molecule has 2 rings (SSSR count). The van der Waals surface area contributed by atoms with E-state index in [4.69, 9.17) is 0 Å². The number of carbonyl (C=O) groups excluding carboxylic acids is 1. The monoisotopic (exact) mass is 194 g/mol. The minimum absolute atomic E-state index is 0.178. The summed E-state index contributed by atoms with van der Waals surface area (Å²) in [5.41, 5.74) is -0.611. The van der Waals surface area contributed by atoms with Crippen LogP contribution < -0.4 is 0 Å². The predicted molar refractivity (Wildman–Crippen MR) is 51.0 cm³/mol. The number of aliphatic hydroxyl groups is 1. The number of hydrogen-bond acceptors (Lipinski definition) is 3. The highest BCUT2D eigenvalue weighted by Crippen LogP contribution is 2.32. The first kappa shape index (κ1) is 9.40. The molecule has 4 nitrogen and oxygen atoms in total. The highest BCUT2D eigenvalue weighted by atomic mass is 16.3. The van der Waals surface area contributed by atoms with Gasteiger partial charge in [0.15, 0.2) is 5.78 Å². The van der Waals surface area contributed by atoms with Crippen molar-refractivity contribution in [2.75, 3.05) is 0 Å². The molecule has 0 unspecified atom stereocenters. The Balaban J connectivity index is 2.23. The Bertz CT molecular complexity index is 351. The maximum absolute atomic E-state index is 11.9. The van der Waals surface area contributed by atoms with Crippen molar-refractivity contribution >= 4 is 5.78 Å². The Morgan fingerprint density at radius 1 is 1.57 bits per heavy atom. The minimum Gasteiger partial charge on any atom is -0.382 e. The number of aromatic nitrogens is 2. The van der Waals surface area contributed by atoms with Gasteiger partial charge in [0, 0.05) is 13.2 Å². The third kappa shape index (κ3) is 1.46. The van der Waals surface area contributed by atoms with E-state index in [1.54, 1.807) is 17.9 Å². The van der Waals surface area contributed by atoms with Crippen molar-refractivity contribution in [3.8, 4) is 0 Å². The molecule has 0 amide bonds. The van der Waals surface area contributed by atoms with Gasteiger partial charge in [0.1, 0.15) is 5.60 Å². The summed E-state index contributed by atoms with van der Waals surface area (Å²) in [4.78, 5) is 11.9. The molecule has 14 heavy (non-hydrogen) atoms. The van der Waals surface area contributed by atoms with Gasteiger partial charge >= 0.3 is 0 Å². The number of nitrogens with zero attached hydrogens (tertiary/aromatic N) is 2. The van der Waals surface area contributed by atoms with Crippen LogP contribution in [0.15, 0.2) is 12.4 Å². The Morgan fingerprint density at radius 3 is 2.71 bits per heavy atom. The normalized spacial score (nSPS) is 19.9. The van der Waals surface area contributed by atoms with E-state index in [9.17, 15) is 9.90 Å². The predicted octanol–water partition coefficient (Wildman–Crippen LogP) is 0.908. The highest BCUT2D eigenvalue weighted by molar-refractivity contribution is 6.02. The van der Waals surface area contributed by atoms with Crippen LogP contribution in [0.1, 0.15) is 36.0 Å². The second kappa shape index (κ2) is 3.20. The summed E-state index contributed by atoms with van der Waals surface area (Å²) < 4.78 is 1.57. The van der Waals surface area contributed by atoms with E-state index in [-0.39, 0.29) is 5.78 Å². The van der Waals surface area contributed by atoms with Gasteiger partial charge in [0.05, 0.1) is 11.8 Å². The molecule has 1 aliphatic rings. The van der Waals surface area contributed by atoms with E-state index in [1.807, 2.05) is 0 Å². The van der Waals surface area contributed by atoms with E-state index < -0.39 is 5.60 Å². The molecule has 0 radical (unpaired) electrons. The van der Waals surface area contributed by atoms with Crippen LogP contribution in [0.3, 0.4) is 0 Å². The van der Waals surface area contributed by atoms with Crippen LogP contribution in [0.25, 0.3) is 0 Å². The molecule has 0 saturated heterocycles. The molecule has 1 aliphatic carbocycles. The Labute approximate surface area is 82.5 Å². The van der Waals surface area contributed by atoms with Gasteiger partial charge in [-0.15, -0.1) is 0 Å². The molecule has 1 N–H and O–H groups in total. The van der Waals surface area contributed by atoms with Crippen molar-refractivity contribution in [1.29, 1.82) is 0 Å². The van der Waals surface area contributed by atoms with Gasteiger partial charge in [-0.25, -0.2) is 0 Å². The van der Waals surface area contributed by atoms with Gasteiger partial charge in [0.25, 0.3) is 0 Å². The van der Waals surface area contributed by atoms with Crippen LogP contribution in [-0.2, 0) is 7.05 Å². The lowest BCUT2D eigenvalue weighted by Gasteiger charge is -2.18. The fourth-order valence-corrected chi connectivity index (χ4v) is 1.99. The van der Waals surface area contributed by atoms with Gasteiger partial charge in [-0.3, -0.25) is 9.48 Å². The molecule has 0 spiro atoms. The summed E-state index contributed by atoms with van der Waals surface area (Å²) in [6.07, 6.45) is 6.20. The third-order valence-corrected chi connectivity index (χ3v) is 2.82. The molecule has 1 aromatic rings. The van der Waals surface area contributed by atoms with Gasteiger partial charge in [-0.1, -0.05) is 0 Å². The van der Waals surface area contributed by atoms with Crippen LogP contribution in [0.5, 0.6) is 0 Å². The largest absolute Gasteiger partial charge is 0.382 e. The SMILES string of the molecule is Cn1cc(C(=O)C2(O)CCCC2)cn1. The van der Waals surface area contributed by atoms with Crippen molar-refractivity contribution < 1.29 is 9.90 Å². The van der Waals surface area contributed by atoms with Crippen LogP contribution in [0, 0.1) is 0 Å². The van der Waals surface area contributed by atoms with E-state index >= 15 is 0 Å². The molecule has 1 saturated carbocycles. The van der Waals surface area contributed by atoms with Crippen LogP contribution in [-0.4, -0.2) is 26.3 Å². The average Bonchev–Trinajstić information content (AvgIpc) is 2.74. The molecular weight excluding hydrogens is 180 g/mol. The maximum atomic E-state index is 11.9. The first-order valence-corrected chi connectivity index (χ1v) is 4.88. The van der Waals surface area contributed by atoms with Crippen molar-refractivity contribution in [3.63, 3.8) is 0 Å². The van der Waals surface area contributed by atoms with Gasteiger partial charge in [-0.05, 0) is 25.7 Å². The molecule has 1 fully saturated rings. The Morgan fingerprint density at radius 2 is 2.21 bits per heavy atom. The van der Waals surface area contributed by atoms with E-state index in [0.29, 0.717) is 18.4 Å². The maximum Gasteiger partial charge on any atom is 0.197 e. The summed E-state index contributed by atoms with van der Waals surface area (Å²) in [6.45, 7) is 0. The first-order chi connectivity index (χ1) is 6.62. The van der Waals surface area contributed by atoms with Crippen molar-refractivity contribution in [1.82, 2.24) is 9.78 Å². The molecule has 76 valence electrons. The zero-order valence-electron chi connectivity index (χ0n) is 8.23. The molecule has 4 heteroatoms. The van der Waals surface area contributed by atoms with Crippen molar-refractivity contribution in [3.05, 3.63) is 18.0 Å². The highest BCUT2D eigenvalue weighted by Gasteiger charge is 2.39. The molecule has 0 aliphatic heterocycles. The number of rotatable bonds is 2. The summed E-state index contributed by atoms with van der Waals surface area (Å²) >= 11 is 0. The fraction of sp³-hybridized carbons (Fsp3) is 0.600. The van der Waals surface area contributed by atoms with Gasteiger partial charge in [-0.2, -0.15) is 5.10 Å². The number of carbonyl (C=O) groups is 1. The molecule has 0 aromatic carbocycles. The summed E-state index contributed by atoms with van der Waals surface area (Å²) in [6, 6.07) is 0. The van der Waals surface area contributed by atoms with Crippen LogP contribution in [0.2, 0.25) is 0 Å². The Kier molecular flexibility index (Phi) is 2.15. The third-order valence-electron chi connectivity index (χ3n) is 2.82. The smallest absolute Gasteiger partial charge is 0.197 e. The summed E-state index contributed by atoms with van der Waals surface area (Å²) in [5, 5.41) is 14.0. The lowest BCUT2D eigenvalue weighted by atomic mass is 9.93. The average molecular weight is 194 g/mol. The number of aryl methyl sites for hydroxylation is 1. The molecule has 1 heterocycles. The number of hydrogen-bond donors (Lipinski definition) is 1. The zero-order valence-corrected chi connectivity index (χ0v) is 8.23. The number of ketones is 1. The van der Waals surface area contributed by atoms with Crippen LogP contribution >= 0.6 is 0 Å². The fourth-order valence-electron chi connectivity index (χ4n) is 1.99. The van der Waals surface area contributed by atoms with Crippen molar-refractivity contribution in [2.45, 2.75) is 31.3 Å². The van der Waals surface area contributed by atoms with E-state index in [2.05, 4.69) is 5.10 Å². The minimum atomic E-state index is -1.12. The molecular formula is C10H14N2O2. The van der Waals surface area contributed by atoms with Gasteiger partial charge < -0.3 is 5.11 Å². The molecule has 1 aromatic heterocycles. The first-order valence-electron chi connectivity index (χ1n) is 4.88. The standard InChI is InChI=1S/C10H14N2O2/c1-12-7-8(6-11-12)9(13)10(14)4-2-3-5-10/h6-7,14H,2-5H2,1H3. The lowest BCUT2D eigenvalue weighted by Crippen LogP contribution is -2.35. The van der Waals surface area contributed by atoms with E-state index in [1.165, 1.54) is 6.20 Å². The second-order valence-corrected chi connectivity index (χ2v) is 3.97. The Hall–Kier alpha value is -1.16. The van der Waals surface area contributed by atoms with Crippen LogP contribution in [0.4, 0.5) is 0 Å². The topological polar surface area (TPSA) is 55.1 Å². The summed E-state index contributed by atoms with van der Waals surface area (Å²) in [5.74, 6) is -0.178.